The molecule has 3 heterocycles. The quantitative estimate of drug-likeness (QED) is 0.328. The summed E-state index contributed by atoms with van der Waals surface area (Å²) in [4.78, 5) is 11.5. The van der Waals surface area contributed by atoms with E-state index in [2.05, 4.69) is 5.10 Å². The zero-order valence-electron chi connectivity index (χ0n) is 22.1. The van der Waals surface area contributed by atoms with Crippen LogP contribution >= 0.6 is 0 Å². The molecule has 2 aromatic carbocycles. The van der Waals surface area contributed by atoms with Gasteiger partial charge in [-0.1, -0.05) is 30.3 Å². The number of nitrogens with zero attached hydrogens (tertiary/aromatic N) is 3. The summed E-state index contributed by atoms with van der Waals surface area (Å²) in [5.74, 6) is -2.64. The van der Waals surface area contributed by atoms with Crippen LogP contribution in [0.3, 0.4) is 0 Å². The molecule has 226 valence electrons. The van der Waals surface area contributed by atoms with Crippen LogP contribution in [0, 0.1) is 11.6 Å². The Morgan fingerprint density at radius 3 is 2.43 bits per heavy atom. The van der Waals surface area contributed by atoms with E-state index in [0.717, 1.165) is 40.2 Å². The minimum absolute atomic E-state index is 0.0236. The number of nitrogens with two attached hydrogens (primary N) is 1. The number of alkyl halides is 3. The van der Waals surface area contributed by atoms with Gasteiger partial charge in [0.15, 0.2) is 6.10 Å². The highest BCUT2D eigenvalue weighted by molar-refractivity contribution is 7.89. The van der Waals surface area contributed by atoms with Gasteiger partial charge in [-0.05, 0) is 36.3 Å². The Kier molecular flexibility index (Phi) is 9.15. The van der Waals surface area contributed by atoms with E-state index in [1.54, 1.807) is 6.08 Å². The van der Waals surface area contributed by atoms with Crippen LogP contribution in [0.5, 0.6) is 0 Å². The molecule has 0 saturated carbocycles. The Balaban J connectivity index is 0.000000310. The van der Waals surface area contributed by atoms with E-state index in [4.69, 9.17) is 15.6 Å². The van der Waals surface area contributed by atoms with Gasteiger partial charge in [0.1, 0.15) is 17.7 Å². The van der Waals surface area contributed by atoms with Gasteiger partial charge in [0.05, 0.1) is 11.9 Å². The van der Waals surface area contributed by atoms with E-state index in [1.807, 2.05) is 30.3 Å². The fraction of sp³-hybridized carbons (Fsp3) is 0.333. The van der Waals surface area contributed by atoms with Gasteiger partial charge in [0, 0.05) is 48.6 Å². The average Bonchev–Trinajstić information content (AvgIpc) is 3.49. The topological polar surface area (TPSA) is 128 Å². The molecule has 3 N–H and O–H groups in total. The molecule has 1 fully saturated rings. The number of hydrogen-bond acceptors (Lipinski definition) is 7. The lowest BCUT2D eigenvalue weighted by Gasteiger charge is -2.44. The third kappa shape index (κ3) is 7.40. The minimum Gasteiger partial charge on any atom is -0.478 e. The molecule has 4 atom stereocenters. The van der Waals surface area contributed by atoms with E-state index in [0.29, 0.717) is 11.3 Å². The second-order valence-electron chi connectivity index (χ2n) is 9.88. The molecule has 1 aromatic heterocycles. The fourth-order valence-electron chi connectivity index (χ4n) is 4.84. The number of carbonyl (C=O) groups is 1. The number of hydrogen-bond donors (Lipinski definition) is 2. The molecule has 0 amide bonds. The molecule has 1 saturated heterocycles. The molecule has 0 spiro atoms. The lowest BCUT2D eigenvalue weighted by atomic mass is 9.89. The van der Waals surface area contributed by atoms with Gasteiger partial charge < -0.3 is 15.6 Å². The van der Waals surface area contributed by atoms with Crippen LogP contribution in [0.1, 0.15) is 34.9 Å². The molecule has 2 aliphatic heterocycles. The molecule has 2 aliphatic rings. The van der Waals surface area contributed by atoms with E-state index < -0.39 is 58.1 Å². The smallest absolute Gasteiger partial charge is 0.416 e. The molecular formula is C27H27F5N4O5S. The molecule has 0 bridgehead atoms. The van der Waals surface area contributed by atoms with Gasteiger partial charge >= 0.3 is 12.1 Å². The largest absolute Gasteiger partial charge is 0.478 e. The second kappa shape index (κ2) is 12.3. The van der Waals surface area contributed by atoms with Crippen LogP contribution in [0.15, 0.2) is 60.8 Å². The SMILES string of the molecule is CS(=O)(=O)n1cc2c(n1)CN([C@@H]1C[C@H](N)[C@@H](c3cc(F)ccc3F)O[C@@H]1C(F)(F)F)C2.O=C(O)/C=C/c1ccccc1. The zero-order chi connectivity index (χ0) is 30.8. The number of carboxylic acids is 1. The van der Waals surface area contributed by atoms with Gasteiger partial charge in [-0.2, -0.15) is 22.4 Å². The summed E-state index contributed by atoms with van der Waals surface area (Å²) in [5, 5.41) is 12.2. The van der Waals surface area contributed by atoms with Gasteiger partial charge in [-0.3, -0.25) is 4.90 Å². The highest BCUT2D eigenvalue weighted by atomic mass is 32.2. The van der Waals surface area contributed by atoms with E-state index in [1.165, 1.54) is 11.1 Å². The summed E-state index contributed by atoms with van der Waals surface area (Å²) >= 11 is 0. The summed E-state index contributed by atoms with van der Waals surface area (Å²) in [5.41, 5.74) is 7.41. The van der Waals surface area contributed by atoms with Crippen LogP contribution < -0.4 is 5.73 Å². The first kappa shape index (κ1) is 31.3. The fourth-order valence-corrected chi connectivity index (χ4v) is 5.40. The highest BCUT2D eigenvalue weighted by Crippen LogP contribution is 2.42. The predicted molar refractivity (Wildman–Crippen MR) is 141 cm³/mol. The van der Waals surface area contributed by atoms with Gasteiger partial charge in [0.25, 0.3) is 10.0 Å². The van der Waals surface area contributed by atoms with Gasteiger partial charge in [-0.15, -0.1) is 0 Å². The molecule has 0 radical (unpaired) electrons. The highest BCUT2D eigenvalue weighted by Gasteiger charge is 2.54. The van der Waals surface area contributed by atoms with Crippen molar-refractivity contribution in [3.8, 4) is 0 Å². The molecule has 15 heteroatoms. The number of fused-ring (bicyclic) bond motifs is 1. The Morgan fingerprint density at radius 2 is 1.83 bits per heavy atom. The number of ether oxygens (including phenoxy) is 1. The van der Waals surface area contributed by atoms with Crippen LogP contribution in [0.4, 0.5) is 22.0 Å². The zero-order valence-corrected chi connectivity index (χ0v) is 22.9. The lowest BCUT2D eigenvalue weighted by Crippen LogP contribution is -2.58. The van der Waals surface area contributed by atoms with Crippen LogP contribution in [-0.4, -0.2) is 64.2 Å². The summed E-state index contributed by atoms with van der Waals surface area (Å²) in [6.07, 6.45) is -3.85. The Labute approximate surface area is 238 Å². The summed E-state index contributed by atoms with van der Waals surface area (Å²) < 4.78 is 98.6. The second-order valence-corrected chi connectivity index (χ2v) is 11.7. The van der Waals surface area contributed by atoms with Gasteiger partial charge in [-0.25, -0.2) is 22.0 Å². The van der Waals surface area contributed by atoms with Crippen molar-refractivity contribution in [3.05, 3.63) is 94.8 Å². The molecule has 42 heavy (non-hydrogen) atoms. The first-order valence-electron chi connectivity index (χ1n) is 12.5. The number of rotatable bonds is 5. The van der Waals surface area contributed by atoms with Crippen molar-refractivity contribution in [1.82, 2.24) is 14.1 Å². The van der Waals surface area contributed by atoms with E-state index in [-0.39, 0.29) is 25.1 Å². The van der Waals surface area contributed by atoms with Gasteiger partial charge in [0.2, 0.25) is 0 Å². The maximum atomic E-state index is 14.2. The van der Waals surface area contributed by atoms with Crippen molar-refractivity contribution >= 4 is 22.1 Å². The number of aromatic nitrogens is 2. The number of carboxylic acid groups (broad SMARTS) is 1. The van der Waals surface area contributed by atoms with Crippen molar-refractivity contribution in [2.75, 3.05) is 6.26 Å². The van der Waals surface area contributed by atoms with Crippen LogP contribution in [-0.2, 0) is 32.6 Å². The molecule has 0 unspecified atom stereocenters. The number of benzene rings is 2. The van der Waals surface area contributed by atoms with Crippen molar-refractivity contribution in [1.29, 1.82) is 0 Å². The average molecular weight is 615 g/mol. The third-order valence-electron chi connectivity index (χ3n) is 6.74. The summed E-state index contributed by atoms with van der Waals surface area (Å²) in [6.45, 7) is 0.00134. The molecule has 3 aromatic rings. The normalized spacial score (nSPS) is 22.9. The van der Waals surface area contributed by atoms with Crippen LogP contribution in [0.2, 0.25) is 0 Å². The third-order valence-corrected chi connectivity index (χ3v) is 7.61. The first-order valence-corrected chi connectivity index (χ1v) is 14.4. The predicted octanol–water partition coefficient (Wildman–Crippen LogP) is 3.86. The molecular weight excluding hydrogens is 587 g/mol. The standard InChI is InChI=1S/C18H19F5N4O3S.C9H8O2/c1-31(28,29)27-7-9-6-26(8-14(9)25-27)15-5-13(24)16(30-17(15)18(21,22)23)11-4-10(19)2-3-12(11)20;10-9(11)7-6-8-4-2-1-3-5-8/h2-4,7,13,15-17H,5-6,8,24H2,1H3;1-7H,(H,10,11)/b;7-6+/t13-,15+,16+,17-;/m0./s1. The van der Waals surface area contributed by atoms with E-state index in [9.17, 15) is 35.2 Å². The van der Waals surface area contributed by atoms with Crippen molar-refractivity contribution < 1.29 is 45.0 Å². The van der Waals surface area contributed by atoms with Crippen LogP contribution in [0.25, 0.3) is 6.08 Å². The Hall–Kier alpha value is -3.66. The monoisotopic (exact) mass is 614 g/mol. The molecule has 0 aliphatic carbocycles. The number of aliphatic carboxylic acids is 1. The molecule has 5 rings (SSSR count). The first-order chi connectivity index (χ1) is 19.6. The maximum Gasteiger partial charge on any atom is 0.416 e. The number of halogens is 5. The maximum absolute atomic E-state index is 14.2. The van der Waals surface area contributed by atoms with E-state index >= 15 is 0 Å². The van der Waals surface area contributed by atoms with Crippen molar-refractivity contribution in [2.45, 2.75) is 50.0 Å². The molecule has 9 nitrogen and oxygen atoms in total. The van der Waals surface area contributed by atoms with Crippen molar-refractivity contribution in [3.63, 3.8) is 0 Å². The Bertz CT molecular complexity index is 1540. The Morgan fingerprint density at radius 1 is 1.14 bits per heavy atom. The minimum atomic E-state index is -4.79. The lowest BCUT2D eigenvalue weighted by molar-refractivity contribution is -0.269. The summed E-state index contributed by atoms with van der Waals surface area (Å²) in [6, 6.07) is 9.53. The summed E-state index contributed by atoms with van der Waals surface area (Å²) in [7, 11) is -3.62. The van der Waals surface area contributed by atoms with Crippen molar-refractivity contribution in [2.24, 2.45) is 5.73 Å².